The summed E-state index contributed by atoms with van der Waals surface area (Å²) in [7, 11) is 1.81. The van der Waals surface area contributed by atoms with E-state index in [0.29, 0.717) is 19.6 Å². The van der Waals surface area contributed by atoms with E-state index in [1.165, 1.54) is 0 Å². The van der Waals surface area contributed by atoms with Gasteiger partial charge in [0.25, 0.3) is 0 Å². The number of carboxylic acid groups (broad SMARTS) is 1. The Balaban J connectivity index is 1.76. The predicted octanol–water partition coefficient (Wildman–Crippen LogP) is 1.50. The van der Waals surface area contributed by atoms with Gasteiger partial charge in [0, 0.05) is 26.6 Å². The molecule has 1 aromatic heterocycles. The first kappa shape index (κ1) is 15.0. The van der Waals surface area contributed by atoms with E-state index in [1.807, 2.05) is 23.9 Å². The Hall–Kier alpha value is -1.40. The van der Waals surface area contributed by atoms with Crippen molar-refractivity contribution in [3.63, 3.8) is 0 Å². The normalized spacial score (nSPS) is 19.1. The highest BCUT2D eigenvalue weighted by atomic mass is 32.1. The van der Waals surface area contributed by atoms with Crippen LogP contribution in [0.1, 0.15) is 18.4 Å². The first-order chi connectivity index (χ1) is 9.54. The largest absolute Gasteiger partial charge is 0.481 e. The van der Waals surface area contributed by atoms with Crippen LogP contribution in [0.3, 0.4) is 0 Å². The summed E-state index contributed by atoms with van der Waals surface area (Å²) in [5, 5.41) is 12.8. The molecular weight excluding hydrogens is 276 g/mol. The van der Waals surface area contributed by atoms with Crippen LogP contribution >= 0.6 is 11.3 Å². The molecule has 2 rings (SSSR count). The number of hydrogen-bond donors (Lipinski definition) is 1. The Morgan fingerprint density at radius 2 is 2.35 bits per heavy atom. The Labute approximate surface area is 122 Å². The van der Waals surface area contributed by atoms with Crippen molar-refractivity contribution in [1.82, 2.24) is 9.80 Å². The number of thiophene rings is 1. The summed E-state index contributed by atoms with van der Waals surface area (Å²) in [5.41, 5.74) is 1.15. The molecule has 1 aromatic rings. The molecule has 1 aliphatic rings. The molecule has 20 heavy (non-hydrogen) atoms. The minimum Gasteiger partial charge on any atom is -0.481 e. The highest BCUT2D eigenvalue weighted by molar-refractivity contribution is 7.07. The quantitative estimate of drug-likeness (QED) is 0.864. The molecule has 2 heterocycles. The highest BCUT2D eigenvalue weighted by Crippen LogP contribution is 2.19. The van der Waals surface area contributed by atoms with Crippen LogP contribution in [-0.2, 0) is 16.1 Å². The fourth-order valence-electron chi connectivity index (χ4n) is 2.53. The van der Waals surface area contributed by atoms with Crippen molar-refractivity contribution >= 4 is 23.2 Å². The zero-order valence-electron chi connectivity index (χ0n) is 11.6. The fourth-order valence-corrected chi connectivity index (χ4v) is 3.19. The van der Waals surface area contributed by atoms with Crippen molar-refractivity contribution in [3.05, 3.63) is 22.4 Å². The zero-order chi connectivity index (χ0) is 14.5. The van der Waals surface area contributed by atoms with Gasteiger partial charge in [-0.1, -0.05) is 0 Å². The van der Waals surface area contributed by atoms with Crippen molar-refractivity contribution in [2.75, 3.05) is 26.7 Å². The molecule has 0 bridgehead atoms. The van der Waals surface area contributed by atoms with Gasteiger partial charge in [-0.05, 0) is 41.3 Å². The molecule has 1 aliphatic heterocycles. The second-order valence-corrected chi connectivity index (χ2v) is 6.15. The molecule has 1 fully saturated rings. The average molecular weight is 296 g/mol. The maximum absolute atomic E-state index is 12.1. The van der Waals surface area contributed by atoms with Gasteiger partial charge in [-0.2, -0.15) is 11.3 Å². The standard InChI is InChI=1S/C14H20N2O3S/c1-15(7-12-3-5-20-10-12)13(17)9-16-4-2-11(8-16)6-14(18)19/h3,5,10-11H,2,4,6-9H2,1H3,(H,18,19). The van der Waals surface area contributed by atoms with Crippen LogP contribution in [-0.4, -0.2) is 53.5 Å². The Kier molecular flexibility index (Phi) is 5.14. The second kappa shape index (κ2) is 6.85. The number of carbonyl (C=O) groups is 2. The van der Waals surface area contributed by atoms with E-state index in [0.717, 1.165) is 18.5 Å². The van der Waals surface area contributed by atoms with Gasteiger partial charge in [0.15, 0.2) is 0 Å². The van der Waals surface area contributed by atoms with Crippen LogP contribution in [0.15, 0.2) is 16.8 Å². The van der Waals surface area contributed by atoms with Gasteiger partial charge in [0.2, 0.25) is 5.91 Å². The lowest BCUT2D eigenvalue weighted by atomic mass is 10.1. The lowest BCUT2D eigenvalue weighted by Gasteiger charge is -2.21. The monoisotopic (exact) mass is 296 g/mol. The number of amides is 1. The molecule has 0 aromatic carbocycles. The molecule has 1 unspecified atom stereocenters. The third-order valence-electron chi connectivity index (χ3n) is 3.62. The molecule has 6 heteroatoms. The molecule has 1 amide bonds. The van der Waals surface area contributed by atoms with Crippen molar-refractivity contribution < 1.29 is 14.7 Å². The van der Waals surface area contributed by atoms with Crippen LogP contribution in [0.5, 0.6) is 0 Å². The number of likely N-dealkylation sites (tertiary alicyclic amines) is 1. The molecule has 1 atom stereocenters. The summed E-state index contributed by atoms with van der Waals surface area (Å²) in [6.07, 6.45) is 1.07. The number of rotatable bonds is 6. The van der Waals surface area contributed by atoms with Gasteiger partial charge >= 0.3 is 5.97 Å². The first-order valence-electron chi connectivity index (χ1n) is 6.74. The van der Waals surface area contributed by atoms with Crippen molar-refractivity contribution in [3.8, 4) is 0 Å². The summed E-state index contributed by atoms with van der Waals surface area (Å²) in [4.78, 5) is 26.6. The second-order valence-electron chi connectivity index (χ2n) is 5.37. The molecule has 0 saturated carbocycles. The van der Waals surface area contributed by atoms with E-state index in [9.17, 15) is 9.59 Å². The first-order valence-corrected chi connectivity index (χ1v) is 7.68. The number of carboxylic acids is 1. The summed E-state index contributed by atoms with van der Waals surface area (Å²) in [6, 6.07) is 2.02. The Morgan fingerprint density at radius 1 is 1.55 bits per heavy atom. The van der Waals surface area contributed by atoms with Crippen LogP contribution in [0, 0.1) is 5.92 Å². The number of nitrogens with zero attached hydrogens (tertiary/aromatic N) is 2. The number of carbonyl (C=O) groups excluding carboxylic acids is 1. The molecule has 5 nitrogen and oxygen atoms in total. The van der Waals surface area contributed by atoms with Gasteiger partial charge in [-0.3, -0.25) is 14.5 Å². The Bertz CT molecular complexity index is 461. The molecule has 1 N–H and O–H groups in total. The van der Waals surface area contributed by atoms with Gasteiger partial charge in [0.05, 0.1) is 6.54 Å². The topological polar surface area (TPSA) is 60.9 Å². The minimum absolute atomic E-state index is 0.0900. The van der Waals surface area contributed by atoms with Gasteiger partial charge in [-0.25, -0.2) is 0 Å². The summed E-state index contributed by atoms with van der Waals surface area (Å²) < 4.78 is 0. The van der Waals surface area contributed by atoms with Crippen LogP contribution in [0.2, 0.25) is 0 Å². The molecule has 0 aliphatic carbocycles. The van der Waals surface area contributed by atoms with E-state index in [2.05, 4.69) is 4.90 Å². The molecule has 110 valence electrons. The summed E-state index contributed by atoms with van der Waals surface area (Å²) >= 11 is 1.63. The van der Waals surface area contributed by atoms with Crippen molar-refractivity contribution in [2.45, 2.75) is 19.4 Å². The number of likely N-dealkylation sites (N-methyl/N-ethyl adjacent to an activating group) is 1. The van der Waals surface area contributed by atoms with E-state index in [-0.39, 0.29) is 18.2 Å². The molecule has 0 spiro atoms. The fraction of sp³-hybridized carbons (Fsp3) is 0.571. The number of hydrogen-bond acceptors (Lipinski definition) is 4. The van der Waals surface area contributed by atoms with Crippen molar-refractivity contribution in [2.24, 2.45) is 5.92 Å². The van der Waals surface area contributed by atoms with Gasteiger partial charge < -0.3 is 10.0 Å². The third kappa shape index (κ3) is 4.31. The third-order valence-corrected chi connectivity index (χ3v) is 4.35. The Morgan fingerprint density at radius 3 is 3.00 bits per heavy atom. The molecule has 0 radical (unpaired) electrons. The average Bonchev–Trinajstić information content (AvgIpc) is 3.00. The smallest absolute Gasteiger partial charge is 0.303 e. The highest BCUT2D eigenvalue weighted by Gasteiger charge is 2.26. The van der Waals surface area contributed by atoms with Crippen LogP contribution in [0.25, 0.3) is 0 Å². The maximum atomic E-state index is 12.1. The SMILES string of the molecule is CN(Cc1ccsc1)C(=O)CN1CCC(CC(=O)O)C1. The maximum Gasteiger partial charge on any atom is 0.303 e. The zero-order valence-corrected chi connectivity index (χ0v) is 12.4. The predicted molar refractivity (Wildman–Crippen MR) is 77.6 cm³/mol. The molecular formula is C14H20N2O3S. The van der Waals surface area contributed by atoms with Crippen LogP contribution in [0.4, 0.5) is 0 Å². The lowest BCUT2D eigenvalue weighted by molar-refractivity contribution is -0.138. The van der Waals surface area contributed by atoms with E-state index < -0.39 is 5.97 Å². The van der Waals surface area contributed by atoms with Gasteiger partial charge in [-0.15, -0.1) is 0 Å². The molecule has 1 saturated heterocycles. The van der Waals surface area contributed by atoms with E-state index in [4.69, 9.17) is 5.11 Å². The van der Waals surface area contributed by atoms with E-state index >= 15 is 0 Å². The summed E-state index contributed by atoms with van der Waals surface area (Å²) in [6.45, 7) is 2.55. The van der Waals surface area contributed by atoms with E-state index in [1.54, 1.807) is 16.2 Å². The van der Waals surface area contributed by atoms with Crippen LogP contribution < -0.4 is 0 Å². The minimum atomic E-state index is -0.752. The summed E-state index contributed by atoms with van der Waals surface area (Å²) in [5.74, 6) is -0.479. The lowest BCUT2D eigenvalue weighted by Crippen LogP contribution is -2.37. The number of aliphatic carboxylic acids is 1. The van der Waals surface area contributed by atoms with Crippen molar-refractivity contribution in [1.29, 1.82) is 0 Å². The van der Waals surface area contributed by atoms with Gasteiger partial charge in [0.1, 0.15) is 0 Å².